The van der Waals surface area contributed by atoms with Crippen molar-refractivity contribution in [1.29, 1.82) is 0 Å². The van der Waals surface area contributed by atoms with E-state index >= 15 is 0 Å². The highest BCUT2D eigenvalue weighted by Crippen LogP contribution is 3.02. The van der Waals surface area contributed by atoms with Gasteiger partial charge < -0.3 is 18.4 Å². The topological polar surface area (TPSA) is 66.9 Å². The van der Waals surface area contributed by atoms with E-state index in [-0.39, 0.29) is 10.7 Å². The van der Waals surface area contributed by atoms with Crippen molar-refractivity contribution in [3.8, 4) is 0 Å². The third-order valence-electron chi connectivity index (χ3n) is 9.98. The van der Waals surface area contributed by atoms with Crippen LogP contribution in [0.4, 0.5) is 19.4 Å². The van der Waals surface area contributed by atoms with Crippen LogP contribution in [0.25, 0.3) is 0 Å². The number of nitrogens with zero attached hydrogens (tertiary/aromatic N) is 1. The fraction of sp³-hybridized carbons (Fsp3) is 0.647. The normalized spacial score (nSPS) is 25.9. The zero-order valence-electron chi connectivity index (χ0n) is 28.8. The number of hydrogen-bond donors (Lipinski definition) is 0. The van der Waals surface area contributed by atoms with E-state index in [1.165, 1.54) is 6.92 Å². The number of ether oxygens (including phenoxy) is 3. The van der Waals surface area contributed by atoms with Crippen LogP contribution in [0.2, 0.25) is 0 Å². The number of pyridine rings is 1. The van der Waals surface area contributed by atoms with E-state index in [2.05, 4.69) is 33.3 Å². The van der Waals surface area contributed by atoms with Crippen molar-refractivity contribution in [1.82, 2.24) is 4.98 Å². The van der Waals surface area contributed by atoms with Crippen LogP contribution in [-0.4, -0.2) is 41.4 Å². The maximum absolute atomic E-state index is 13.7. The average molecular weight is 710 g/mol. The molecule has 3 heterocycles. The molecule has 6 nitrogen and oxygen atoms in total. The lowest BCUT2D eigenvalue weighted by molar-refractivity contribution is -0.156. The van der Waals surface area contributed by atoms with Crippen molar-refractivity contribution in [2.75, 3.05) is 25.7 Å². The summed E-state index contributed by atoms with van der Waals surface area (Å²) in [5.41, 5.74) is 2.42. The molecule has 1 aromatic heterocycles. The molecule has 5 rings (SSSR count). The van der Waals surface area contributed by atoms with Gasteiger partial charge in [-0.2, -0.15) is 0 Å². The predicted molar refractivity (Wildman–Crippen MR) is 177 cm³/mol. The lowest BCUT2D eigenvalue weighted by atomic mass is 9.68. The Bertz CT molecular complexity index is 1560. The number of aromatic nitrogens is 1. The molecule has 0 N–H and O–H groups in total. The fourth-order valence-corrected chi connectivity index (χ4v) is 8.56. The van der Waals surface area contributed by atoms with Crippen LogP contribution in [0, 0.1) is 5.41 Å². The molecule has 0 amide bonds. The monoisotopic (exact) mass is 709 g/mol. The smallest absolute Gasteiger partial charge is 0.310 e. The van der Waals surface area contributed by atoms with E-state index in [9.17, 15) is 24.2 Å². The highest BCUT2D eigenvalue weighted by Gasteiger charge is 2.65. The van der Waals surface area contributed by atoms with Crippen LogP contribution in [0.5, 0.6) is 0 Å². The second-order valence-electron chi connectivity index (χ2n) is 15.5. The van der Waals surface area contributed by atoms with Crippen LogP contribution < -0.4 is 0 Å². The third kappa shape index (κ3) is 6.68. The van der Waals surface area contributed by atoms with E-state index in [0.717, 1.165) is 23.3 Å². The summed E-state index contributed by atoms with van der Waals surface area (Å²) in [6, 6.07) is 3.04. The quantitative estimate of drug-likeness (QED) is 0.220. The van der Waals surface area contributed by atoms with E-state index in [0.29, 0.717) is 67.1 Å². The largest absolute Gasteiger partial charge is 0.455 e. The number of carbonyl (C=O) groups is 1. The van der Waals surface area contributed by atoms with E-state index in [1.807, 2.05) is 27.7 Å². The third-order valence-corrected chi connectivity index (χ3v) is 14.8. The Labute approximate surface area is 276 Å². The summed E-state index contributed by atoms with van der Waals surface area (Å²) in [4.78, 5) is 15.8. The highest BCUT2D eigenvalue weighted by molar-refractivity contribution is 8.45. The molecule has 2 aromatic rings. The molecule has 1 fully saturated rings. The summed E-state index contributed by atoms with van der Waals surface area (Å²) in [7, 11) is -11.6. The Morgan fingerprint density at radius 2 is 1.60 bits per heavy atom. The zero-order valence-corrected chi connectivity index (χ0v) is 30.5. The minimum Gasteiger partial charge on any atom is -0.455 e. The van der Waals surface area contributed by atoms with Crippen LogP contribution >= 0.6 is 20.5 Å². The second kappa shape index (κ2) is 10.8. The van der Waals surface area contributed by atoms with Gasteiger partial charge in [0, 0.05) is 60.0 Å². The molecule has 2 aliphatic heterocycles. The van der Waals surface area contributed by atoms with Gasteiger partial charge >= 0.3 is 16.2 Å². The number of hydrogen-bond acceptors (Lipinski definition) is 6. The van der Waals surface area contributed by atoms with E-state index < -0.39 is 60.7 Å². The number of rotatable bonds is 6. The first-order chi connectivity index (χ1) is 21.2. The second-order valence-corrected chi connectivity index (χ2v) is 21.8. The summed E-state index contributed by atoms with van der Waals surface area (Å²) in [5, 5.41) is 0. The molecule has 1 saturated heterocycles. The standard InChI is InChI=1S/C34H48F5NO5S2/c1-20(2)28-26-27(25-24(45-46(9,10)32(4,5)6)19-33(7,8)31(29(25)40-28)43-21(3)41)34(15-17-42-18-16-34)44-30(26)22-11-13-23(14-12-22)47(35,36,37,38)39/h11-14,20,24,30-31H,15-19H2,1-10H3. The van der Waals surface area contributed by atoms with Gasteiger partial charge in [0.1, 0.15) is 17.1 Å². The van der Waals surface area contributed by atoms with Crippen LogP contribution in [0.15, 0.2) is 29.2 Å². The number of benzene rings is 1. The lowest BCUT2D eigenvalue weighted by Gasteiger charge is -2.50. The first kappa shape index (κ1) is 36.4. The van der Waals surface area contributed by atoms with Gasteiger partial charge in [0.15, 0.2) is 0 Å². The lowest BCUT2D eigenvalue weighted by Crippen LogP contribution is -2.40. The van der Waals surface area contributed by atoms with Gasteiger partial charge in [0.25, 0.3) is 0 Å². The summed E-state index contributed by atoms with van der Waals surface area (Å²) in [6.07, 6.45) is 3.63. The Balaban J connectivity index is 1.83. The van der Waals surface area contributed by atoms with Gasteiger partial charge in [0.05, 0.1) is 17.4 Å². The molecule has 13 heteroatoms. The van der Waals surface area contributed by atoms with Gasteiger partial charge in [-0.05, 0) is 48.1 Å². The van der Waals surface area contributed by atoms with Crippen molar-refractivity contribution >= 4 is 26.5 Å². The molecule has 3 unspecified atom stereocenters. The van der Waals surface area contributed by atoms with Gasteiger partial charge in [0.2, 0.25) is 0 Å². The average Bonchev–Trinajstić information content (AvgIpc) is 3.22. The van der Waals surface area contributed by atoms with E-state index in [4.69, 9.17) is 23.4 Å². The number of halogens is 5. The number of esters is 1. The first-order valence-electron chi connectivity index (χ1n) is 15.9. The van der Waals surface area contributed by atoms with Gasteiger partial charge in [-0.25, -0.2) is 0 Å². The minimum absolute atomic E-state index is 0.168. The van der Waals surface area contributed by atoms with E-state index in [1.54, 1.807) is 0 Å². The van der Waals surface area contributed by atoms with Crippen LogP contribution in [0.1, 0.15) is 133 Å². The van der Waals surface area contributed by atoms with Gasteiger partial charge in [-0.1, -0.05) is 80.0 Å². The SMILES string of the molecule is CC(=O)OC1c2nc(C(C)C)c3c(c2C(OS(C)(C)C(C)(C)C)CC1(C)C)C1(CCOCC1)OC3c1ccc(S(F)(F)(F)(F)F)cc1. The Hall–Kier alpha value is -1.93. The maximum Gasteiger partial charge on any atom is 0.310 e. The summed E-state index contributed by atoms with van der Waals surface area (Å²) < 4.78 is 94.2. The molecule has 3 aliphatic rings. The molecule has 1 aromatic carbocycles. The van der Waals surface area contributed by atoms with Crippen molar-refractivity contribution in [2.45, 2.75) is 114 Å². The number of fused-ring (bicyclic) bond motifs is 4. The first-order valence-corrected chi connectivity index (χ1v) is 20.3. The van der Waals surface area contributed by atoms with Crippen molar-refractivity contribution in [3.63, 3.8) is 0 Å². The highest BCUT2D eigenvalue weighted by atomic mass is 32.5. The Kier molecular flexibility index (Phi) is 8.34. The molecule has 1 aliphatic carbocycles. The Morgan fingerprint density at radius 3 is 2.09 bits per heavy atom. The molecule has 266 valence electrons. The van der Waals surface area contributed by atoms with Crippen LogP contribution in [-0.2, 0) is 28.8 Å². The predicted octanol–water partition coefficient (Wildman–Crippen LogP) is 10.9. The molecule has 0 bridgehead atoms. The number of carbonyl (C=O) groups excluding carboxylic acids is 1. The molecule has 3 atom stereocenters. The molecule has 47 heavy (non-hydrogen) atoms. The van der Waals surface area contributed by atoms with Crippen molar-refractivity contribution in [2.24, 2.45) is 5.41 Å². The molecule has 1 spiro atoms. The summed E-state index contributed by atoms with van der Waals surface area (Å²) in [6.45, 7) is 16.5. The summed E-state index contributed by atoms with van der Waals surface area (Å²) >= 11 is 0. The van der Waals surface area contributed by atoms with Gasteiger partial charge in [-0.15, -0.1) is 10.3 Å². The molecular formula is C34H48F5NO5S2. The minimum atomic E-state index is -9.89. The van der Waals surface area contributed by atoms with Crippen molar-refractivity contribution < 1.29 is 42.6 Å². The molecular weight excluding hydrogens is 662 g/mol. The molecule has 0 saturated carbocycles. The van der Waals surface area contributed by atoms with Crippen molar-refractivity contribution in [3.05, 3.63) is 57.9 Å². The Morgan fingerprint density at radius 1 is 1.02 bits per heavy atom. The fourth-order valence-electron chi connectivity index (χ4n) is 6.88. The maximum atomic E-state index is 13.7. The van der Waals surface area contributed by atoms with Gasteiger partial charge in [-0.3, -0.25) is 9.78 Å². The van der Waals surface area contributed by atoms with Crippen LogP contribution in [0.3, 0.4) is 0 Å². The zero-order chi connectivity index (χ0) is 35.2. The molecule has 0 radical (unpaired) electrons. The summed E-state index contributed by atoms with van der Waals surface area (Å²) in [5.74, 6) is -0.612.